The van der Waals surface area contributed by atoms with E-state index in [1.54, 1.807) is 30.3 Å². The molecule has 1 fully saturated rings. The number of imide groups is 1. The average Bonchev–Trinajstić information content (AvgIpc) is 2.85. The molecule has 1 aliphatic heterocycles. The van der Waals surface area contributed by atoms with Crippen LogP contribution >= 0.6 is 0 Å². The number of nitrogens with one attached hydrogen (secondary N) is 1. The third-order valence-corrected chi connectivity index (χ3v) is 3.65. The highest BCUT2D eigenvalue weighted by molar-refractivity contribution is 6.22. The van der Waals surface area contributed by atoms with Gasteiger partial charge in [-0.2, -0.15) is 0 Å². The predicted molar refractivity (Wildman–Crippen MR) is 83.6 cm³/mol. The Bertz CT molecular complexity index is 768. The van der Waals surface area contributed by atoms with Gasteiger partial charge in [0.1, 0.15) is 5.82 Å². The molecule has 3 amide bonds. The van der Waals surface area contributed by atoms with Crippen molar-refractivity contribution in [2.75, 3.05) is 18.1 Å². The molecule has 0 spiro atoms. The lowest BCUT2D eigenvalue weighted by molar-refractivity contribution is -0.146. The van der Waals surface area contributed by atoms with Crippen LogP contribution in [0.4, 0.5) is 14.9 Å². The molecule has 1 atom stereocenters. The molecule has 2 N–H and O–H groups in total. The van der Waals surface area contributed by atoms with Crippen LogP contribution in [-0.4, -0.2) is 30.3 Å². The van der Waals surface area contributed by atoms with Crippen LogP contribution in [0.3, 0.4) is 0 Å². The first kappa shape index (κ1) is 16.1. The summed E-state index contributed by atoms with van der Waals surface area (Å²) in [5.41, 5.74) is -1.24. The third-order valence-electron chi connectivity index (χ3n) is 3.65. The van der Waals surface area contributed by atoms with E-state index in [9.17, 15) is 14.0 Å². The number of rotatable bonds is 5. The summed E-state index contributed by atoms with van der Waals surface area (Å²) in [6.45, 7) is -0.477. The van der Waals surface area contributed by atoms with Crippen LogP contribution < -0.4 is 10.2 Å². The van der Waals surface area contributed by atoms with E-state index in [1.807, 2.05) is 0 Å². The standard InChI is InChI=1S/C17H15FN2O4/c18-13-7-4-8-14(11-13)20-15(22)17(19-16(20)23,24-10-9-21)12-5-2-1-3-6-12/h1-8,11,21H,9-10H2,(H,19,23). The summed E-state index contributed by atoms with van der Waals surface area (Å²) < 4.78 is 19.0. The fourth-order valence-electron chi connectivity index (χ4n) is 2.61. The molecule has 0 radical (unpaired) electrons. The van der Waals surface area contributed by atoms with Crippen molar-refractivity contribution in [2.45, 2.75) is 5.72 Å². The van der Waals surface area contributed by atoms with Crippen molar-refractivity contribution in [3.8, 4) is 0 Å². The molecule has 1 heterocycles. The molecule has 1 aliphatic rings. The highest BCUT2D eigenvalue weighted by Gasteiger charge is 2.54. The second-order valence-electron chi connectivity index (χ2n) is 5.17. The number of carbonyl (C=O) groups excluding carboxylic acids is 2. The number of anilines is 1. The lowest BCUT2D eigenvalue weighted by atomic mass is 10.0. The Morgan fingerprint density at radius 3 is 2.54 bits per heavy atom. The molecule has 24 heavy (non-hydrogen) atoms. The van der Waals surface area contributed by atoms with Gasteiger partial charge >= 0.3 is 6.03 Å². The highest BCUT2D eigenvalue weighted by atomic mass is 19.1. The predicted octanol–water partition coefficient (Wildman–Crippen LogP) is 1.74. The molecule has 7 heteroatoms. The minimum absolute atomic E-state index is 0.0999. The summed E-state index contributed by atoms with van der Waals surface area (Å²) in [5.74, 6) is -1.26. The molecule has 1 saturated heterocycles. The molecule has 0 aromatic heterocycles. The zero-order valence-electron chi connectivity index (χ0n) is 12.6. The number of ether oxygens (including phenoxy) is 1. The first-order chi connectivity index (χ1) is 11.6. The van der Waals surface area contributed by atoms with Crippen molar-refractivity contribution in [1.82, 2.24) is 5.32 Å². The third kappa shape index (κ3) is 2.64. The van der Waals surface area contributed by atoms with Gasteiger partial charge in [0, 0.05) is 5.56 Å². The van der Waals surface area contributed by atoms with Crippen molar-refractivity contribution in [2.24, 2.45) is 0 Å². The van der Waals surface area contributed by atoms with Crippen molar-refractivity contribution >= 4 is 17.6 Å². The highest BCUT2D eigenvalue weighted by Crippen LogP contribution is 2.33. The van der Waals surface area contributed by atoms with Crippen molar-refractivity contribution in [3.05, 3.63) is 66.0 Å². The van der Waals surface area contributed by atoms with Gasteiger partial charge < -0.3 is 9.84 Å². The molecule has 6 nitrogen and oxygen atoms in total. The Labute approximate surface area is 137 Å². The number of benzene rings is 2. The van der Waals surface area contributed by atoms with Gasteiger partial charge in [0.2, 0.25) is 0 Å². The fraction of sp³-hybridized carbons (Fsp3) is 0.176. The molecular formula is C17H15FN2O4. The van der Waals surface area contributed by atoms with Crippen molar-refractivity contribution in [1.29, 1.82) is 0 Å². The second kappa shape index (κ2) is 6.38. The molecule has 0 aliphatic carbocycles. The first-order valence-electron chi connectivity index (χ1n) is 7.31. The molecule has 0 bridgehead atoms. The van der Waals surface area contributed by atoms with Gasteiger partial charge in [-0.1, -0.05) is 36.4 Å². The van der Waals surface area contributed by atoms with E-state index in [-0.39, 0.29) is 18.9 Å². The SMILES string of the molecule is O=C1NC(OCCO)(c2ccccc2)C(=O)N1c1cccc(F)c1. The maximum atomic E-state index is 13.5. The number of nitrogens with zero attached hydrogens (tertiary/aromatic N) is 1. The van der Waals surface area contributed by atoms with Gasteiger partial charge in [0.25, 0.3) is 11.6 Å². The van der Waals surface area contributed by atoms with E-state index in [2.05, 4.69) is 5.32 Å². The summed E-state index contributed by atoms with van der Waals surface area (Å²) in [7, 11) is 0. The summed E-state index contributed by atoms with van der Waals surface area (Å²) in [6, 6.07) is 12.8. The van der Waals surface area contributed by atoms with E-state index in [0.717, 1.165) is 11.0 Å². The summed E-state index contributed by atoms with van der Waals surface area (Å²) in [4.78, 5) is 26.2. The van der Waals surface area contributed by atoms with E-state index in [1.165, 1.54) is 18.2 Å². The van der Waals surface area contributed by atoms with Gasteiger partial charge in [-0.05, 0) is 18.2 Å². The van der Waals surface area contributed by atoms with Gasteiger partial charge in [-0.3, -0.25) is 10.1 Å². The maximum absolute atomic E-state index is 13.5. The van der Waals surface area contributed by atoms with Crippen LogP contribution in [0.5, 0.6) is 0 Å². The van der Waals surface area contributed by atoms with Crippen LogP contribution in [-0.2, 0) is 15.3 Å². The molecular weight excluding hydrogens is 315 g/mol. The number of carbonyl (C=O) groups is 2. The van der Waals surface area contributed by atoms with Crippen LogP contribution in [0.1, 0.15) is 5.56 Å². The largest absolute Gasteiger partial charge is 0.394 e. The van der Waals surface area contributed by atoms with E-state index in [4.69, 9.17) is 9.84 Å². The van der Waals surface area contributed by atoms with Crippen molar-refractivity contribution < 1.29 is 23.8 Å². The quantitative estimate of drug-likeness (QED) is 0.819. The second-order valence-corrected chi connectivity index (χ2v) is 5.17. The number of hydrogen-bond acceptors (Lipinski definition) is 4. The van der Waals surface area contributed by atoms with Gasteiger partial charge in [-0.25, -0.2) is 14.1 Å². The Balaban J connectivity index is 2.05. The molecule has 2 aromatic rings. The maximum Gasteiger partial charge on any atom is 0.331 e. The Morgan fingerprint density at radius 1 is 1.12 bits per heavy atom. The Kier molecular flexibility index (Phi) is 4.28. The van der Waals surface area contributed by atoms with E-state index < -0.39 is 23.5 Å². The van der Waals surface area contributed by atoms with Crippen LogP contribution in [0.15, 0.2) is 54.6 Å². The van der Waals surface area contributed by atoms with Gasteiger partial charge in [0.05, 0.1) is 18.9 Å². The number of halogens is 1. The normalized spacial score (nSPS) is 20.3. The van der Waals surface area contributed by atoms with Crippen LogP contribution in [0.25, 0.3) is 0 Å². The first-order valence-corrected chi connectivity index (χ1v) is 7.31. The lowest BCUT2D eigenvalue weighted by Gasteiger charge is -2.27. The molecule has 0 saturated carbocycles. The van der Waals surface area contributed by atoms with Gasteiger partial charge in [0.15, 0.2) is 0 Å². The Hall–Kier alpha value is -2.77. The topological polar surface area (TPSA) is 78.9 Å². The average molecular weight is 330 g/mol. The molecule has 3 rings (SSSR count). The van der Waals surface area contributed by atoms with E-state index in [0.29, 0.717) is 5.56 Å². The summed E-state index contributed by atoms with van der Waals surface area (Å²) in [6.07, 6.45) is 0. The number of aliphatic hydroxyl groups excluding tert-OH is 1. The van der Waals surface area contributed by atoms with E-state index >= 15 is 0 Å². The summed E-state index contributed by atoms with van der Waals surface area (Å²) in [5, 5.41) is 11.6. The minimum Gasteiger partial charge on any atom is -0.394 e. The molecule has 2 aromatic carbocycles. The minimum atomic E-state index is -1.76. The number of urea groups is 1. The molecule has 124 valence electrons. The number of aliphatic hydroxyl groups is 1. The zero-order valence-corrected chi connectivity index (χ0v) is 12.6. The van der Waals surface area contributed by atoms with Crippen LogP contribution in [0, 0.1) is 5.82 Å². The van der Waals surface area contributed by atoms with Crippen LogP contribution in [0.2, 0.25) is 0 Å². The summed E-state index contributed by atoms with van der Waals surface area (Å²) >= 11 is 0. The fourth-order valence-corrected chi connectivity index (χ4v) is 2.61. The zero-order chi connectivity index (χ0) is 17.2. The number of hydrogen-bond donors (Lipinski definition) is 2. The van der Waals surface area contributed by atoms with Gasteiger partial charge in [-0.15, -0.1) is 0 Å². The van der Waals surface area contributed by atoms with Crippen molar-refractivity contribution in [3.63, 3.8) is 0 Å². The smallest absolute Gasteiger partial charge is 0.331 e. The lowest BCUT2D eigenvalue weighted by Crippen LogP contribution is -2.47. The monoisotopic (exact) mass is 330 g/mol. The number of amides is 3. The Morgan fingerprint density at radius 2 is 1.88 bits per heavy atom. The molecule has 1 unspecified atom stereocenters.